The van der Waals surface area contributed by atoms with Crippen molar-refractivity contribution < 1.29 is 23.8 Å². The molecule has 0 bridgehead atoms. The molecule has 4 rings (SSSR count). The van der Waals surface area contributed by atoms with Crippen LogP contribution in [0.3, 0.4) is 0 Å². The first-order valence-electron chi connectivity index (χ1n) is 9.07. The number of benzene rings is 1. The number of fused-ring (bicyclic) bond motifs is 1. The molecule has 1 unspecified atom stereocenters. The highest BCUT2D eigenvalue weighted by molar-refractivity contribution is 5.90. The summed E-state index contributed by atoms with van der Waals surface area (Å²) in [6.45, 7) is 3.79. The molecule has 2 fully saturated rings. The van der Waals surface area contributed by atoms with E-state index in [1.165, 1.54) is 0 Å². The molecule has 1 aromatic carbocycles. The van der Waals surface area contributed by atoms with Gasteiger partial charge in [-0.15, -0.1) is 0 Å². The molecule has 1 atom stereocenters. The fraction of sp³-hybridized carbons (Fsp3) is 0.556. The lowest BCUT2D eigenvalue weighted by Crippen LogP contribution is -2.53. The van der Waals surface area contributed by atoms with Crippen LogP contribution in [0.15, 0.2) is 18.2 Å². The maximum absolute atomic E-state index is 12.5. The summed E-state index contributed by atoms with van der Waals surface area (Å²) in [6, 6.07) is 5.18. The predicted octanol–water partition coefficient (Wildman–Crippen LogP) is 1.31. The Bertz CT molecular complexity index is 681. The summed E-state index contributed by atoms with van der Waals surface area (Å²) < 4.78 is 16.5. The molecule has 0 spiro atoms. The summed E-state index contributed by atoms with van der Waals surface area (Å²) in [5.41, 5.74) is 0.664. The summed E-state index contributed by atoms with van der Waals surface area (Å²) >= 11 is 0. The topological polar surface area (TPSA) is 80.3 Å². The van der Waals surface area contributed by atoms with Crippen molar-refractivity contribution in [2.24, 2.45) is 0 Å². The van der Waals surface area contributed by atoms with E-state index in [1.807, 2.05) is 0 Å². The molecular formula is C18H23N3O5. The lowest BCUT2D eigenvalue weighted by molar-refractivity contribution is -0.142. The van der Waals surface area contributed by atoms with Crippen molar-refractivity contribution in [3.8, 4) is 11.5 Å². The molecule has 8 nitrogen and oxygen atoms in total. The summed E-state index contributed by atoms with van der Waals surface area (Å²) in [5, 5.41) is 2.88. The zero-order valence-electron chi connectivity index (χ0n) is 14.6. The molecule has 3 amide bonds. The molecule has 3 aliphatic rings. The molecule has 0 aromatic heterocycles. The van der Waals surface area contributed by atoms with Crippen LogP contribution in [0.4, 0.5) is 10.5 Å². The molecule has 0 saturated carbocycles. The Morgan fingerprint density at radius 3 is 2.42 bits per heavy atom. The van der Waals surface area contributed by atoms with Gasteiger partial charge in [0.25, 0.3) is 5.91 Å². The summed E-state index contributed by atoms with van der Waals surface area (Å²) in [5.74, 6) is 1.38. The highest BCUT2D eigenvalue weighted by Gasteiger charge is 2.31. The van der Waals surface area contributed by atoms with E-state index in [2.05, 4.69) is 5.32 Å². The van der Waals surface area contributed by atoms with Gasteiger partial charge in [-0.2, -0.15) is 0 Å². The molecule has 1 aromatic rings. The van der Waals surface area contributed by atoms with Crippen LogP contribution in [0.5, 0.6) is 11.5 Å². The van der Waals surface area contributed by atoms with Crippen LogP contribution >= 0.6 is 0 Å². The first-order valence-corrected chi connectivity index (χ1v) is 9.07. The quantitative estimate of drug-likeness (QED) is 0.859. The van der Waals surface area contributed by atoms with Gasteiger partial charge in [-0.25, -0.2) is 4.79 Å². The minimum Gasteiger partial charge on any atom is -0.486 e. The van der Waals surface area contributed by atoms with Gasteiger partial charge >= 0.3 is 6.03 Å². The van der Waals surface area contributed by atoms with Gasteiger partial charge in [0.05, 0.1) is 0 Å². The lowest BCUT2D eigenvalue weighted by atomic mass is 10.2. The number of urea groups is 1. The first-order chi connectivity index (χ1) is 12.7. The van der Waals surface area contributed by atoms with Crippen molar-refractivity contribution in [1.29, 1.82) is 0 Å². The van der Waals surface area contributed by atoms with Crippen LogP contribution in [-0.2, 0) is 9.53 Å². The van der Waals surface area contributed by atoms with Gasteiger partial charge in [-0.1, -0.05) is 0 Å². The highest BCUT2D eigenvalue weighted by Crippen LogP contribution is 2.32. The Morgan fingerprint density at radius 1 is 0.962 bits per heavy atom. The number of rotatable bonds is 2. The second kappa shape index (κ2) is 7.41. The fourth-order valence-corrected chi connectivity index (χ4v) is 3.43. The smallest absolute Gasteiger partial charge is 0.321 e. The van der Waals surface area contributed by atoms with Crippen molar-refractivity contribution in [3.05, 3.63) is 18.2 Å². The van der Waals surface area contributed by atoms with E-state index >= 15 is 0 Å². The van der Waals surface area contributed by atoms with Gasteiger partial charge in [0.1, 0.15) is 19.3 Å². The van der Waals surface area contributed by atoms with E-state index in [0.717, 1.165) is 12.8 Å². The van der Waals surface area contributed by atoms with Crippen molar-refractivity contribution in [3.63, 3.8) is 0 Å². The summed E-state index contributed by atoms with van der Waals surface area (Å²) in [6.07, 6.45) is 1.44. The van der Waals surface area contributed by atoms with Crippen molar-refractivity contribution in [2.75, 3.05) is 51.3 Å². The monoisotopic (exact) mass is 361 g/mol. The van der Waals surface area contributed by atoms with Crippen LogP contribution < -0.4 is 14.8 Å². The number of nitrogens with one attached hydrogen (secondary N) is 1. The second-order valence-electron chi connectivity index (χ2n) is 6.60. The van der Waals surface area contributed by atoms with Crippen LogP contribution in [-0.4, -0.2) is 73.8 Å². The predicted molar refractivity (Wildman–Crippen MR) is 93.6 cm³/mol. The number of amides is 3. The van der Waals surface area contributed by atoms with Crippen LogP contribution in [0, 0.1) is 0 Å². The number of carbonyl (C=O) groups excluding carboxylic acids is 2. The van der Waals surface area contributed by atoms with Gasteiger partial charge in [0.2, 0.25) is 0 Å². The SMILES string of the molecule is O=C(Nc1ccc2c(c1)OCCO2)N1CCN(C(=O)C2CCCO2)CC1. The Labute approximate surface area is 152 Å². The third-order valence-corrected chi connectivity index (χ3v) is 4.88. The summed E-state index contributed by atoms with van der Waals surface area (Å²) in [7, 11) is 0. The van der Waals surface area contributed by atoms with Crippen LogP contribution in [0.2, 0.25) is 0 Å². The van der Waals surface area contributed by atoms with Crippen molar-refractivity contribution >= 4 is 17.6 Å². The van der Waals surface area contributed by atoms with Gasteiger partial charge in [0, 0.05) is 44.5 Å². The minimum absolute atomic E-state index is 0.0504. The number of piperazine rings is 1. The Balaban J connectivity index is 1.30. The number of ether oxygens (including phenoxy) is 3. The number of hydrogen-bond donors (Lipinski definition) is 1. The fourth-order valence-electron chi connectivity index (χ4n) is 3.43. The van der Waals surface area contributed by atoms with Crippen LogP contribution in [0.1, 0.15) is 12.8 Å². The van der Waals surface area contributed by atoms with Gasteiger partial charge < -0.3 is 29.3 Å². The third-order valence-electron chi connectivity index (χ3n) is 4.88. The lowest BCUT2D eigenvalue weighted by Gasteiger charge is -2.35. The molecule has 140 valence electrons. The number of nitrogens with zero attached hydrogens (tertiary/aromatic N) is 2. The Morgan fingerprint density at radius 2 is 1.69 bits per heavy atom. The highest BCUT2D eigenvalue weighted by atomic mass is 16.6. The molecule has 3 aliphatic heterocycles. The van der Waals surface area contributed by atoms with Gasteiger partial charge in [0.15, 0.2) is 11.5 Å². The van der Waals surface area contributed by atoms with Crippen molar-refractivity contribution in [1.82, 2.24) is 9.80 Å². The average molecular weight is 361 g/mol. The van der Waals surface area contributed by atoms with E-state index in [1.54, 1.807) is 28.0 Å². The standard InChI is InChI=1S/C18H23N3O5/c22-17(15-2-1-9-24-15)20-5-7-21(8-6-20)18(23)19-13-3-4-14-16(12-13)26-11-10-25-14/h3-4,12,15H,1-2,5-11H2,(H,19,23). The van der Waals surface area contributed by atoms with E-state index in [-0.39, 0.29) is 18.0 Å². The second-order valence-corrected chi connectivity index (χ2v) is 6.60. The van der Waals surface area contributed by atoms with Gasteiger partial charge in [-0.3, -0.25) is 4.79 Å². The molecule has 8 heteroatoms. The van der Waals surface area contributed by atoms with E-state index in [9.17, 15) is 9.59 Å². The number of carbonyl (C=O) groups is 2. The molecule has 0 aliphatic carbocycles. The van der Waals surface area contributed by atoms with E-state index < -0.39 is 0 Å². The maximum atomic E-state index is 12.5. The number of hydrogen-bond acceptors (Lipinski definition) is 5. The molecule has 0 radical (unpaired) electrons. The Hall–Kier alpha value is -2.48. The normalized spacial score (nSPS) is 22.2. The third kappa shape index (κ3) is 3.55. The zero-order chi connectivity index (χ0) is 17.9. The number of anilines is 1. The van der Waals surface area contributed by atoms with Crippen molar-refractivity contribution in [2.45, 2.75) is 18.9 Å². The minimum atomic E-state index is -0.298. The van der Waals surface area contributed by atoms with Crippen LogP contribution in [0.25, 0.3) is 0 Å². The molecule has 26 heavy (non-hydrogen) atoms. The molecule has 1 N–H and O–H groups in total. The van der Waals surface area contributed by atoms with E-state index in [4.69, 9.17) is 14.2 Å². The molecule has 3 heterocycles. The van der Waals surface area contributed by atoms with Gasteiger partial charge in [-0.05, 0) is 25.0 Å². The average Bonchev–Trinajstić information content (AvgIpc) is 3.22. The Kier molecular flexibility index (Phi) is 4.83. The summed E-state index contributed by atoms with van der Waals surface area (Å²) in [4.78, 5) is 28.4. The molecule has 2 saturated heterocycles. The largest absolute Gasteiger partial charge is 0.486 e. The zero-order valence-corrected chi connectivity index (χ0v) is 14.6. The van der Waals surface area contributed by atoms with E-state index in [0.29, 0.717) is 63.2 Å². The molecular weight excluding hydrogens is 338 g/mol. The first kappa shape index (κ1) is 17.0. The maximum Gasteiger partial charge on any atom is 0.321 e.